The molecule has 0 aromatic heterocycles. The Morgan fingerprint density at radius 1 is 1.22 bits per heavy atom. The van der Waals surface area contributed by atoms with E-state index in [-0.39, 0.29) is 29.5 Å². The van der Waals surface area contributed by atoms with Gasteiger partial charge in [0.15, 0.2) is 11.9 Å². The van der Waals surface area contributed by atoms with E-state index in [2.05, 4.69) is 17.2 Å². The van der Waals surface area contributed by atoms with Gasteiger partial charge in [-0.15, -0.1) is 6.58 Å². The minimum Gasteiger partial charge on any atom is -0.474 e. The Kier molecular flexibility index (Phi) is 6.65. The molecule has 0 aliphatic heterocycles. The standard InChI is InChI=1S/C19H19N3O5/c1-3-12-20-19(24)14-8-4-5-9-15(14)21-18(23)13(2)27-17-11-7-6-10-16(17)22(25)26/h3-11,13H,1,12H2,2H3,(H,20,24)(H,21,23). The van der Waals surface area contributed by atoms with Crippen LogP contribution in [0.4, 0.5) is 11.4 Å². The van der Waals surface area contributed by atoms with Crippen LogP contribution in [0.25, 0.3) is 0 Å². The van der Waals surface area contributed by atoms with Crippen molar-refractivity contribution in [2.75, 3.05) is 11.9 Å². The molecule has 1 atom stereocenters. The summed E-state index contributed by atoms with van der Waals surface area (Å²) in [5.41, 5.74) is 0.356. The van der Waals surface area contributed by atoms with E-state index in [4.69, 9.17) is 4.74 Å². The maximum atomic E-state index is 12.4. The first kappa shape index (κ1) is 19.6. The number of ether oxygens (including phenoxy) is 1. The van der Waals surface area contributed by atoms with Gasteiger partial charge in [0.2, 0.25) is 0 Å². The number of anilines is 1. The average Bonchev–Trinajstić information content (AvgIpc) is 2.66. The van der Waals surface area contributed by atoms with E-state index in [1.807, 2.05) is 0 Å². The molecule has 0 aliphatic rings. The highest BCUT2D eigenvalue weighted by Crippen LogP contribution is 2.27. The molecule has 0 fully saturated rings. The molecule has 0 spiro atoms. The fourth-order valence-electron chi connectivity index (χ4n) is 2.24. The van der Waals surface area contributed by atoms with Crippen LogP contribution in [0.1, 0.15) is 17.3 Å². The van der Waals surface area contributed by atoms with Gasteiger partial charge in [-0.2, -0.15) is 0 Å². The molecular formula is C19H19N3O5. The van der Waals surface area contributed by atoms with Crippen molar-refractivity contribution in [2.24, 2.45) is 0 Å². The molecule has 0 bridgehead atoms. The number of hydrogen-bond donors (Lipinski definition) is 2. The van der Waals surface area contributed by atoms with Crippen LogP contribution in [0, 0.1) is 10.1 Å². The molecule has 2 aromatic rings. The molecule has 0 saturated heterocycles. The minimum atomic E-state index is -1.02. The Balaban J connectivity index is 2.13. The summed E-state index contributed by atoms with van der Waals surface area (Å²) >= 11 is 0. The topological polar surface area (TPSA) is 111 Å². The second-order valence-corrected chi connectivity index (χ2v) is 5.52. The summed E-state index contributed by atoms with van der Waals surface area (Å²) in [6.07, 6.45) is 0.525. The van der Waals surface area contributed by atoms with Gasteiger partial charge in [0.25, 0.3) is 11.8 Å². The SMILES string of the molecule is C=CCNC(=O)c1ccccc1NC(=O)C(C)Oc1ccccc1[N+](=O)[O-]. The largest absolute Gasteiger partial charge is 0.474 e. The number of nitro groups is 1. The molecule has 0 heterocycles. The number of nitro benzene ring substituents is 1. The predicted octanol–water partition coefficient (Wildman–Crippen LogP) is 2.92. The van der Waals surface area contributed by atoms with Crippen molar-refractivity contribution >= 4 is 23.2 Å². The first-order valence-corrected chi connectivity index (χ1v) is 8.13. The third-order valence-corrected chi connectivity index (χ3v) is 3.57. The van der Waals surface area contributed by atoms with Gasteiger partial charge in [-0.05, 0) is 25.1 Å². The van der Waals surface area contributed by atoms with E-state index in [0.717, 1.165) is 0 Å². The molecule has 0 saturated carbocycles. The number of nitrogens with one attached hydrogen (secondary N) is 2. The predicted molar refractivity (Wildman–Crippen MR) is 101 cm³/mol. The van der Waals surface area contributed by atoms with Crippen LogP contribution in [0.2, 0.25) is 0 Å². The third kappa shape index (κ3) is 5.15. The zero-order chi connectivity index (χ0) is 19.8. The van der Waals surface area contributed by atoms with Crippen LogP contribution in [-0.2, 0) is 4.79 Å². The van der Waals surface area contributed by atoms with Crippen molar-refractivity contribution in [3.8, 4) is 5.75 Å². The molecule has 2 aromatic carbocycles. The quantitative estimate of drug-likeness (QED) is 0.422. The molecule has 0 aliphatic carbocycles. The summed E-state index contributed by atoms with van der Waals surface area (Å²) in [6.45, 7) is 5.29. The monoisotopic (exact) mass is 369 g/mol. The van der Waals surface area contributed by atoms with Crippen molar-refractivity contribution < 1.29 is 19.2 Å². The van der Waals surface area contributed by atoms with Gasteiger partial charge in [-0.1, -0.05) is 30.3 Å². The van der Waals surface area contributed by atoms with E-state index in [1.165, 1.54) is 25.1 Å². The average molecular weight is 369 g/mol. The summed E-state index contributed by atoms with van der Waals surface area (Å²) in [5.74, 6) is -0.919. The lowest BCUT2D eigenvalue weighted by Gasteiger charge is -2.16. The highest BCUT2D eigenvalue weighted by atomic mass is 16.6. The number of carbonyl (C=O) groups is 2. The van der Waals surface area contributed by atoms with Gasteiger partial charge < -0.3 is 15.4 Å². The third-order valence-electron chi connectivity index (χ3n) is 3.57. The van der Waals surface area contributed by atoms with Crippen molar-refractivity contribution in [3.05, 3.63) is 76.9 Å². The van der Waals surface area contributed by atoms with Gasteiger partial charge in [0.05, 0.1) is 16.2 Å². The van der Waals surface area contributed by atoms with Crippen LogP contribution in [0.5, 0.6) is 5.75 Å². The zero-order valence-corrected chi connectivity index (χ0v) is 14.7. The summed E-state index contributed by atoms with van der Waals surface area (Å²) < 4.78 is 5.44. The Morgan fingerprint density at radius 2 is 1.89 bits per heavy atom. The Hall–Kier alpha value is -3.68. The molecular weight excluding hydrogens is 350 g/mol. The number of amides is 2. The first-order valence-electron chi connectivity index (χ1n) is 8.13. The maximum absolute atomic E-state index is 12.4. The number of carbonyl (C=O) groups excluding carboxylic acids is 2. The van der Waals surface area contributed by atoms with E-state index in [1.54, 1.807) is 36.4 Å². The van der Waals surface area contributed by atoms with Gasteiger partial charge in [-0.25, -0.2) is 0 Å². The van der Waals surface area contributed by atoms with Crippen LogP contribution >= 0.6 is 0 Å². The van der Waals surface area contributed by atoms with Crippen LogP contribution in [-0.4, -0.2) is 29.4 Å². The Labute approximate surface area is 156 Å². The van der Waals surface area contributed by atoms with Crippen molar-refractivity contribution in [1.82, 2.24) is 5.32 Å². The fraction of sp³-hybridized carbons (Fsp3) is 0.158. The second kappa shape index (κ2) is 9.14. The fourth-order valence-corrected chi connectivity index (χ4v) is 2.24. The van der Waals surface area contributed by atoms with Crippen LogP contribution in [0.3, 0.4) is 0 Å². The Morgan fingerprint density at radius 3 is 2.59 bits per heavy atom. The highest BCUT2D eigenvalue weighted by molar-refractivity contribution is 6.04. The van der Waals surface area contributed by atoms with Gasteiger partial charge >= 0.3 is 5.69 Å². The van der Waals surface area contributed by atoms with Crippen molar-refractivity contribution in [2.45, 2.75) is 13.0 Å². The number of nitrogens with zero attached hydrogens (tertiary/aromatic N) is 1. The van der Waals surface area contributed by atoms with Gasteiger partial charge in [-0.3, -0.25) is 19.7 Å². The lowest BCUT2D eigenvalue weighted by molar-refractivity contribution is -0.386. The van der Waals surface area contributed by atoms with Gasteiger partial charge in [0.1, 0.15) is 0 Å². The molecule has 140 valence electrons. The highest BCUT2D eigenvalue weighted by Gasteiger charge is 2.22. The first-order chi connectivity index (χ1) is 12.9. The van der Waals surface area contributed by atoms with E-state index >= 15 is 0 Å². The molecule has 8 nitrogen and oxygen atoms in total. The number of benzene rings is 2. The summed E-state index contributed by atoms with van der Waals surface area (Å²) in [6, 6.07) is 12.3. The summed E-state index contributed by atoms with van der Waals surface area (Å²) in [7, 11) is 0. The number of rotatable bonds is 8. The zero-order valence-electron chi connectivity index (χ0n) is 14.7. The van der Waals surface area contributed by atoms with Crippen LogP contribution in [0.15, 0.2) is 61.2 Å². The normalized spacial score (nSPS) is 11.1. The molecule has 27 heavy (non-hydrogen) atoms. The maximum Gasteiger partial charge on any atom is 0.310 e. The lowest BCUT2D eigenvalue weighted by Crippen LogP contribution is -2.32. The Bertz CT molecular complexity index is 866. The molecule has 8 heteroatoms. The number of para-hydroxylation sites is 3. The second-order valence-electron chi connectivity index (χ2n) is 5.52. The van der Waals surface area contributed by atoms with E-state index in [9.17, 15) is 19.7 Å². The molecule has 2 rings (SSSR count). The smallest absolute Gasteiger partial charge is 0.310 e. The van der Waals surface area contributed by atoms with E-state index in [0.29, 0.717) is 5.69 Å². The molecule has 2 N–H and O–H groups in total. The molecule has 1 unspecified atom stereocenters. The van der Waals surface area contributed by atoms with Crippen LogP contribution < -0.4 is 15.4 Å². The van der Waals surface area contributed by atoms with E-state index < -0.39 is 16.9 Å². The van der Waals surface area contributed by atoms with Crippen molar-refractivity contribution in [3.63, 3.8) is 0 Å². The summed E-state index contributed by atoms with van der Waals surface area (Å²) in [4.78, 5) is 35.1. The van der Waals surface area contributed by atoms with Gasteiger partial charge in [0, 0.05) is 12.6 Å². The number of hydrogen-bond acceptors (Lipinski definition) is 5. The minimum absolute atomic E-state index is 0.0119. The molecule has 2 amide bonds. The van der Waals surface area contributed by atoms with Crippen molar-refractivity contribution in [1.29, 1.82) is 0 Å². The lowest BCUT2D eigenvalue weighted by atomic mass is 10.1. The summed E-state index contributed by atoms with van der Waals surface area (Å²) in [5, 5.41) is 16.3. The molecule has 0 radical (unpaired) electrons.